The Morgan fingerprint density at radius 1 is 1.33 bits per heavy atom. The zero-order valence-corrected chi connectivity index (χ0v) is 10.9. The van der Waals surface area contributed by atoms with Crippen LogP contribution >= 0.6 is 11.6 Å². The molecule has 5 heteroatoms. The molecule has 4 nitrogen and oxygen atoms in total. The van der Waals surface area contributed by atoms with E-state index < -0.39 is 0 Å². The Morgan fingerprint density at radius 2 is 2.17 bits per heavy atom. The maximum absolute atomic E-state index is 5.92. The first-order valence-electron chi connectivity index (χ1n) is 5.77. The van der Waals surface area contributed by atoms with Gasteiger partial charge in [-0.05, 0) is 25.1 Å². The summed E-state index contributed by atoms with van der Waals surface area (Å²) in [5.41, 5.74) is 7.38. The van der Waals surface area contributed by atoms with E-state index in [1.54, 1.807) is 12.3 Å². The number of nitrogens with two attached hydrogens (primary N) is 1. The van der Waals surface area contributed by atoms with Crippen molar-refractivity contribution in [1.29, 1.82) is 0 Å². The minimum atomic E-state index is 0.407. The van der Waals surface area contributed by atoms with E-state index in [2.05, 4.69) is 21.8 Å². The van der Waals surface area contributed by atoms with Gasteiger partial charge in [-0.15, -0.1) is 0 Å². The van der Waals surface area contributed by atoms with E-state index in [1.807, 2.05) is 24.3 Å². The fraction of sp³-hybridized carbons (Fsp3) is 0.231. The Balaban J connectivity index is 2.23. The van der Waals surface area contributed by atoms with Crippen LogP contribution in [0.4, 0.5) is 11.5 Å². The predicted molar refractivity (Wildman–Crippen MR) is 74.6 cm³/mol. The molecule has 0 fully saturated rings. The Labute approximate surface area is 111 Å². The molecule has 2 aromatic rings. The summed E-state index contributed by atoms with van der Waals surface area (Å²) in [5.74, 6) is 0.771. The van der Waals surface area contributed by atoms with Gasteiger partial charge in [0.15, 0.2) is 0 Å². The third-order valence-electron chi connectivity index (χ3n) is 2.59. The number of nitrogen functional groups attached to an aromatic ring is 1. The lowest BCUT2D eigenvalue weighted by Gasteiger charge is -2.21. The van der Waals surface area contributed by atoms with Crippen molar-refractivity contribution in [3.8, 4) is 0 Å². The first kappa shape index (κ1) is 12.6. The zero-order valence-electron chi connectivity index (χ0n) is 10.2. The summed E-state index contributed by atoms with van der Waals surface area (Å²) >= 11 is 5.92. The van der Waals surface area contributed by atoms with E-state index in [0.717, 1.165) is 18.1 Å². The molecule has 0 atom stereocenters. The van der Waals surface area contributed by atoms with Gasteiger partial charge in [-0.1, -0.05) is 17.7 Å². The third kappa shape index (κ3) is 3.11. The Bertz CT molecular complexity index is 495. The highest BCUT2D eigenvalue weighted by molar-refractivity contribution is 6.29. The Morgan fingerprint density at radius 3 is 2.78 bits per heavy atom. The van der Waals surface area contributed by atoms with Crippen LogP contribution < -0.4 is 10.6 Å². The van der Waals surface area contributed by atoms with Crippen LogP contribution in [0.2, 0.25) is 5.15 Å². The Kier molecular flexibility index (Phi) is 3.99. The van der Waals surface area contributed by atoms with Crippen LogP contribution in [-0.2, 0) is 6.54 Å². The topological polar surface area (TPSA) is 55.0 Å². The van der Waals surface area contributed by atoms with Gasteiger partial charge in [-0.25, -0.2) is 4.98 Å². The molecular formula is C13H15ClN4. The van der Waals surface area contributed by atoms with Gasteiger partial charge < -0.3 is 10.6 Å². The van der Waals surface area contributed by atoms with Crippen molar-refractivity contribution in [1.82, 2.24) is 9.97 Å². The van der Waals surface area contributed by atoms with E-state index in [1.165, 1.54) is 0 Å². The minimum Gasteiger partial charge on any atom is -0.399 e. The van der Waals surface area contributed by atoms with Crippen LogP contribution in [0.15, 0.2) is 36.5 Å². The van der Waals surface area contributed by atoms with Gasteiger partial charge in [0.2, 0.25) is 0 Å². The summed E-state index contributed by atoms with van der Waals surface area (Å²) in [6.45, 7) is 3.55. The quantitative estimate of drug-likeness (QED) is 0.861. The molecule has 0 aliphatic heterocycles. The molecule has 2 N–H and O–H groups in total. The smallest absolute Gasteiger partial charge is 0.133 e. The maximum Gasteiger partial charge on any atom is 0.133 e. The monoisotopic (exact) mass is 262 g/mol. The molecule has 2 aromatic heterocycles. The van der Waals surface area contributed by atoms with Gasteiger partial charge in [0.1, 0.15) is 11.0 Å². The molecule has 0 saturated heterocycles. The standard InChI is InChI=1S/C13H15ClN4/c1-2-18(9-11-5-3-4-6-16-11)13-8-10(15)7-12(14)17-13/h3-8H,2,9H2,1H3,(H2,15,17). The van der Waals surface area contributed by atoms with Gasteiger partial charge in [0.05, 0.1) is 12.2 Å². The molecule has 2 heterocycles. The van der Waals surface area contributed by atoms with Crippen LogP contribution in [-0.4, -0.2) is 16.5 Å². The SMILES string of the molecule is CCN(Cc1ccccn1)c1cc(N)cc(Cl)n1. The molecule has 0 spiro atoms. The van der Waals surface area contributed by atoms with Crippen molar-refractivity contribution in [2.75, 3.05) is 17.2 Å². The summed E-state index contributed by atoms with van der Waals surface area (Å²) in [7, 11) is 0. The molecule has 0 amide bonds. The van der Waals surface area contributed by atoms with E-state index in [-0.39, 0.29) is 0 Å². The maximum atomic E-state index is 5.92. The number of aromatic nitrogens is 2. The molecule has 0 aliphatic rings. The highest BCUT2D eigenvalue weighted by atomic mass is 35.5. The largest absolute Gasteiger partial charge is 0.399 e. The molecule has 18 heavy (non-hydrogen) atoms. The van der Waals surface area contributed by atoms with Gasteiger partial charge in [0.25, 0.3) is 0 Å². The molecule has 0 saturated carbocycles. The van der Waals surface area contributed by atoms with Crippen molar-refractivity contribution in [2.45, 2.75) is 13.5 Å². The van der Waals surface area contributed by atoms with Crippen molar-refractivity contribution in [3.63, 3.8) is 0 Å². The number of halogens is 1. The number of nitrogens with zero attached hydrogens (tertiary/aromatic N) is 3. The van der Waals surface area contributed by atoms with E-state index in [4.69, 9.17) is 17.3 Å². The number of anilines is 2. The highest BCUT2D eigenvalue weighted by Crippen LogP contribution is 2.20. The second-order valence-electron chi connectivity index (χ2n) is 3.92. The highest BCUT2D eigenvalue weighted by Gasteiger charge is 2.09. The van der Waals surface area contributed by atoms with Crippen LogP contribution in [0.1, 0.15) is 12.6 Å². The summed E-state index contributed by atoms with van der Waals surface area (Å²) < 4.78 is 0. The molecule has 0 radical (unpaired) electrons. The molecule has 0 unspecified atom stereocenters. The second kappa shape index (κ2) is 5.69. The minimum absolute atomic E-state index is 0.407. The van der Waals surface area contributed by atoms with E-state index in [9.17, 15) is 0 Å². The predicted octanol–water partition coefficient (Wildman–Crippen LogP) is 2.74. The van der Waals surface area contributed by atoms with Gasteiger partial charge in [-0.3, -0.25) is 4.98 Å². The van der Waals surface area contributed by atoms with Crippen LogP contribution in [0.3, 0.4) is 0 Å². The average Bonchev–Trinajstić information content (AvgIpc) is 2.36. The summed E-state index contributed by atoms with van der Waals surface area (Å²) in [4.78, 5) is 10.7. The van der Waals surface area contributed by atoms with Crippen molar-refractivity contribution < 1.29 is 0 Å². The fourth-order valence-corrected chi connectivity index (χ4v) is 1.92. The van der Waals surface area contributed by atoms with Gasteiger partial charge in [0, 0.05) is 24.5 Å². The first-order valence-corrected chi connectivity index (χ1v) is 6.14. The van der Waals surface area contributed by atoms with Crippen molar-refractivity contribution >= 4 is 23.1 Å². The second-order valence-corrected chi connectivity index (χ2v) is 4.30. The van der Waals surface area contributed by atoms with Crippen LogP contribution in [0.25, 0.3) is 0 Å². The first-order chi connectivity index (χ1) is 8.69. The number of hydrogen-bond acceptors (Lipinski definition) is 4. The average molecular weight is 263 g/mol. The van der Waals surface area contributed by atoms with Crippen molar-refractivity contribution in [2.24, 2.45) is 0 Å². The molecular weight excluding hydrogens is 248 g/mol. The third-order valence-corrected chi connectivity index (χ3v) is 2.78. The molecule has 0 aromatic carbocycles. The van der Waals surface area contributed by atoms with Crippen molar-refractivity contribution in [3.05, 3.63) is 47.4 Å². The van der Waals surface area contributed by atoms with E-state index in [0.29, 0.717) is 17.4 Å². The fourth-order valence-electron chi connectivity index (χ4n) is 1.71. The molecule has 94 valence electrons. The molecule has 2 rings (SSSR count). The summed E-state index contributed by atoms with van der Waals surface area (Å²) in [6.07, 6.45) is 1.78. The summed E-state index contributed by atoms with van der Waals surface area (Å²) in [6, 6.07) is 9.31. The normalized spacial score (nSPS) is 10.3. The summed E-state index contributed by atoms with van der Waals surface area (Å²) in [5, 5.41) is 0.407. The van der Waals surface area contributed by atoms with E-state index >= 15 is 0 Å². The molecule has 0 aliphatic carbocycles. The van der Waals surface area contributed by atoms with Crippen LogP contribution in [0.5, 0.6) is 0 Å². The lowest BCUT2D eigenvalue weighted by molar-refractivity contribution is 0.794. The zero-order chi connectivity index (χ0) is 13.0. The molecule has 0 bridgehead atoms. The lowest BCUT2D eigenvalue weighted by Crippen LogP contribution is -2.23. The van der Waals surface area contributed by atoms with Crippen LogP contribution in [0, 0.1) is 0 Å². The van der Waals surface area contributed by atoms with Gasteiger partial charge in [-0.2, -0.15) is 0 Å². The number of rotatable bonds is 4. The van der Waals surface area contributed by atoms with Gasteiger partial charge >= 0.3 is 0 Å². The Hall–Kier alpha value is -1.81. The number of pyridine rings is 2. The number of hydrogen-bond donors (Lipinski definition) is 1. The lowest BCUT2D eigenvalue weighted by atomic mass is 10.3.